The molecule has 1 aromatic carbocycles. The van der Waals surface area contributed by atoms with Gasteiger partial charge in [-0.15, -0.1) is 10.2 Å². The van der Waals surface area contributed by atoms with Gasteiger partial charge < -0.3 is 10.1 Å². The van der Waals surface area contributed by atoms with Gasteiger partial charge in [0, 0.05) is 12.1 Å². The van der Waals surface area contributed by atoms with Gasteiger partial charge in [-0.05, 0) is 36.5 Å². The van der Waals surface area contributed by atoms with Crippen LogP contribution in [0.25, 0.3) is 0 Å². The van der Waals surface area contributed by atoms with Gasteiger partial charge in [-0.25, -0.2) is 0 Å². The molecule has 1 aliphatic rings. The number of ether oxygens (including phenoxy) is 1. The summed E-state index contributed by atoms with van der Waals surface area (Å²) >= 11 is 0. The molecule has 3 rings (SSSR count). The molecule has 0 aliphatic heterocycles. The second-order valence-electron chi connectivity index (χ2n) is 6.36. The second kappa shape index (κ2) is 8.01. The zero-order valence-corrected chi connectivity index (χ0v) is 13.9. The van der Waals surface area contributed by atoms with Crippen LogP contribution in [-0.4, -0.2) is 39.2 Å². The highest BCUT2D eigenvalue weighted by Gasteiger charge is 2.22. The van der Waals surface area contributed by atoms with Crippen molar-refractivity contribution in [2.45, 2.75) is 45.1 Å². The molecule has 0 bridgehead atoms. The summed E-state index contributed by atoms with van der Waals surface area (Å²) in [4.78, 5) is 12.0. The van der Waals surface area contributed by atoms with Gasteiger partial charge in [-0.3, -0.25) is 4.79 Å². The Morgan fingerprint density at radius 1 is 1.29 bits per heavy atom. The van der Waals surface area contributed by atoms with Gasteiger partial charge in [0.05, 0.1) is 6.10 Å². The van der Waals surface area contributed by atoms with Crippen LogP contribution in [0, 0.1) is 5.92 Å². The third kappa shape index (κ3) is 4.61. The van der Waals surface area contributed by atoms with Crippen LogP contribution in [0.15, 0.2) is 24.3 Å². The summed E-state index contributed by atoms with van der Waals surface area (Å²) in [5, 5.41) is 16.7. The lowest BCUT2D eigenvalue weighted by atomic mass is 9.88. The fraction of sp³-hybridized carbons (Fsp3) is 0.529. The van der Waals surface area contributed by atoms with Crippen LogP contribution in [-0.2, 0) is 16.0 Å². The third-order valence-electron chi connectivity index (χ3n) is 4.45. The van der Waals surface area contributed by atoms with Crippen LogP contribution in [0.3, 0.4) is 0 Å². The van der Waals surface area contributed by atoms with Crippen LogP contribution < -0.4 is 5.32 Å². The van der Waals surface area contributed by atoms with Crippen molar-refractivity contribution in [3.63, 3.8) is 0 Å². The first-order valence-electron chi connectivity index (χ1n) is 8.43. The van der Waals surface area contributed by atoms with Gasteiger partial charge in [0.15, 0.2) is 5.82 Å². The number of benzene rings is 1. The van der Waals surface area contributed by atoms with E-state index in [0.717, 1.165) is 17.7 Å². The summed E-state index contributed by atoms with van der Waals surface area (Å²) in [7, 11) is 0. The van der Waals surface area contributed by atoms with Gasteiger partial charge in [0.1, 0.15) is 6.61 Å². The Bertz CT molecular complexity index is 642. The largest absolute Gasteiger partial charge is 0.368 e. The topological polar surface area (TPSA) is 92.8 Å². The number of H-pyrrole nitrogens is 1. The van der Waals surface area contributed by atoms with Crippen LogP contribution in [0.1, 0.15) is 44.0 Å². The molecule has 0 spiro atoms. The number of hydrogen-bond acceptors (Lipinski definition) is 5. The molecular weight excluding hydrogens is 306 g/mol. The van der Waals surface area contributed by atoms with Crippen LogP contribution in [0.4, 0.5) is 5.69 Å². The van der Waals surface area contributed by atoms with E-state index in [1.54, 1.807) is 0 Å². The zero-order valence-electron chi connectivity index (χ0n) is 13.9. The number of rotatable bonds is 6. The SMILES string of the molecule is C[C@H]1CCCC[C@@H]1OCC(=O)Nc1ccc(Cc2nn[nH]n2)cc1. The Kier molecular flexibility index (Phi) is 5.53. The number of aromatic nitrogens is 4. The Morgan fingerprint density at radius 3 is 2.79 bits per heavy atom. The van der Waals surface area contributed by atoms with Crippen molar-refractivity contribution in [1.82, 2.24) is 20.6 Å². The van der Waals surface area contributed by atoms with Crippen molar-refractivity contribution in [2.75, 3.05) is 11.9 Å². The summed E-state index contributed by atoms with van der Waals surface area (Å²) in [6.07, 6.45) is 5.52. The van der Waals surface area contributed by atoms with E-state index < -0.39 is 0 Å². The lowest BCUT2D eigenvalue weighted by molar-refractivity contribution is -0.124. The molecule has 0 saturated heterocycles. The quantitative estimate of drug-likeness (QED) is 0.848. The molecule has 0 unspecified atom stereocenters. The fourth-order valence-corrected chi connectivity index (χ4v) is 3.06. The van der Waals surface area contributed by atoms with E-state index in [9.17, 15) is 4.79 Å². The number of carbonyl (C=O) groups excluding carboxylic acids is 1. The second-order valence-corrected chi connectivity index (χ2v) is 6.36. The lowest BCUT2D eigenvalue weighted by Crippen LogP contribution is -2.29. The summed E-state index contributed by atoms with van der Waals surface area (Å²) in [6.45, 7) is 2.31. The van der Waals surface area contributed by atoms with Crippen molar-refractivity contribution in [1.29, 1.82) is 0 Å². The molecule has 128 valence electrons. The Balaban J connectivity index is 1.45. The summed E-state index contributed by atoms with van der Waals surface area (Å²) in [5.74, 6) is 1.07. The van der Waals surface area contributed by atoms with Crippen LogP contribution in [0.5, 0.6) is 0 Å². The highest BCUT2D eigenvalue weighted by molar-refractivity contribution is 5.91. The van der Waals surface area contributed by atoms with Crippen molar-refractivity contribution >= 4 is 11.6 Å². The average molecular weight is 329 g/mol. The van der Waals surface area contributed by atoms with E-state index in [4.69, 9.17) is 4.74 Å². The van der Waals surface area contributed by atoms with Crippen molar-refractivity contribution < 1.29 is 9.53 Å². The molecule has 2 aromatic rings. The highest BCUT2D eigenvalue weighted by atomic mass is 16.5. The molecule has 2 N–H and O–H groups in total. The molecule has 2 atom stereocenters. The number of carbonyl (C=O) groups is 1. The van der Waals surface area contributed by atoms with E-state index >= 15 is 0 Å². The van der Waals surface area contributed by atoms with Gasteiger partial charge in [-0.2, -0.15) is 5.21 Å². The van der Waals surface area contributed by atoms with Gasteiger partial charge in [0.25, 0.3) is 0 Å². The maximum atomic E-state index is 12.0. The van der Waals surface area contributed by atoms with E-state index in [-0.39, 0.29) is 18.6 Å². The first kappa shape index (κ1) is 16.6. The van der Waals surface area contributed by atoms with Gasteiger partial charge >= 0.3 is 0 Å². The zero-order chi connectivity index (χ0) is 16.8. The van der Waals surface area contributed by atoms with E-state index in [1.807, 2.05) is 24.3 Å². The molecule has 1 aliphatic carbocycles. The monoisotopic (exact) mass is 329 g/mol. The molecule has 1 saturated carbocycles. The molecule has 1 aromatic heterocycles. The summed E-state index contributed by atoms with van der Waals surface area (Å²) in [5.41, 5.74) is 1.82. The first-order chi connectivity index (χ1) is 11.7. The number of aromatic amines is 1. The highest BCUT2D eigenvalue weighted by Crippen LogP contribution is 2.26. The predicted molar refractivity (Wildman–Crippen MR) is 89.4 cm³/mol. The first-order valence-corrected chi connectivity index (χ1v) is 8.43. The van der Waals surface area contributed by atoms with E-state index in [0.29, 0.717) is 18.2 Å². The minimum absolute atomic E-state index is 0.111. The van der Waals surface area contributed by atoms with Crippen LogP contribution in [0.2, 0.25) is 0 Å². The van der Waals surface area contributed by atoms with Crippen molar-refractivity contribution in [3.8, 4) is 0 Å². The normalized spacial score (nSPS) is 20.7. The van der Waals surface area contributed by atoms with Crippen molar-refractivity contribution in [2.24, 2.45) is 5.92 Å². The average Bonchev–Trinajstić information content (AvgIpc) is 3.09. The summed E-state index contributed by atoms with van der Waals surface area (Å²) in [6, 6.07) is 7.62. The molecule has 0 radical (unpaired) electrons. The van der Waals surface area contributed by atoms with Gasteiger partial charge in [-0.1, -0.05) is 37.1 Å². The van der Waals surface area contributed by atoms with Crippen LogP contribution >= 0.6 is 0 Å². The smallest absolute Gasteiger partial charge is 0.250 e. The van der Waals surface area contributed by atoms with E-state index in [2.05, 4.69) is 32.9 Å². The lowest BCUT2D eigenvalue weighted by Gasteiger charge is -2.28. The molecular formula is C17H23N5O2. The minimum atomic E-state index is -0.112. The molecule has 7 heteroatoms. The number of hydrogen-bond donors (Lipinski definition) is 2. The Hall–Kier alpha value is -2.28. The predicted octanol–water partition coefficient (Wildman–Crippen LogP) is 2.32. The number of nitrogens with zero attached hydrogens (tertiary/aromatic N) is 3. The maximum absolute atomic E-state index is 12.0. The third-order valence-corrected chi connectivity index (χ3v) is 4.45. The Labute approximate surface area is 141 Å². The Morgan fingerprint density at radius 2 is 2.08 bits per heavy atom. The number of amides is 1. The molecule has 1 heterocycles. The van der Waals surface area contributed by atoms with E-state index in [1.165, 1.54) is 19.3 Å². The number of nitrogens with one attached hydrogen (secondary N) is 2. The standard InChI is InChI=1S/C17H23N5O2/c1-12-4-2-3-5-15(12)24-11-17(23)18-14-8-6-13(7-9-14)10-16-19-21-22-20-16/h6-9,12,15H,2-5,10-11H2,1H3,(H,18,23)(H,19,20,21,22)/t12-,15-/m0/s1. The van der Waals surface area contributed by atoms with Gasteiger partial charge in [0.2, 0.25) is 5.91 Å². The minimum Gasteiger partial charge on any atom is -0.368 e. The molecule has 1 fully saturated rings. The summed E-state index contributed by atoms with van der Waals surface area (Å²) < 4.78 is 5.78. The number of anilines is 1. The molecule has 1 amide bonds. The van der Waals surface area contributed by atoms with Crippen molar-refractivity contribution in [3.05, 3.63) is 35.7 Å². The maximum Gasteiger partial charge on any atom is 0.250 e. The molecule has 24 heavy (non-hydrogen) atoms. The fourth-order valence-electron chi connectivity index (χ4n) is 3.06. The molecule has 7 nitrogen and oxygen atoms in total. The number of tetrazole rings is 1.